The van der Waals surface area contributed by atoms with Gasteiger partial charge in [0, 0.05) is 62.8 Å². The van der Waals surface area contributed by atoms with Gasteiger partial charge in [0.2, 0.25) is 0 Å². The Balaban J connectivity index is 1.03. The van der Waals surface area contributed by atoms with E-state index in [1.807, 2.05) is 6.08 Å². The van der Waals surface area contributed by atoms with E-state index in [1.165, 1.54) is 46.9 Å². The summed E-state index contributed by atoms with van der Waals surface area (Å²) in [6, 6.07) is 11.9. The first-order chi connectivity index (χ1) is 25.3. The molecule has 8 nitrogen and oxygen atoms in total. The van der Waals surface area contributed by atoms with Crippen molar-refractivity contribution in [3.63, 3.8) is 0 Å². The summed E-state index contributed by atoms with van der Waals surface area (Å²) in [4.78, 5) is 16.6. The van der Waals surface area contributed by atoms with Crippen LogP contribution in [0.25, 0.3) is 34.1 Å². The molecule has 3 heterocycles. The number of aromatic amines is 1. The summed E-state index contributed by atoms with van der Waals surface area (Å²) >= 11 is 0. The monoisotopic (exact) mass is 700 g/mol. The molecule has 0 radical (unpaired) electrons. The van der Waals surface area contributed by atoms with E-state index >= 15 is 0 Å². The molecule has 1 unspecified atom stereocenters. The Bertz CT molecular complexity index is 1960. The summed E-state index contributed by atoms with van der Waals surface area (Å²) in [5, 5.41) is 15.3. The van der Waals surface area contributed by atoms with Crippen molar-refractivity contribution in [3.8, 4) is 11.4 Å². The summed E-state index contributed by atoms with van der Waals surface area (Å²) < 4.78 is 14.8. The minimum Gasteiger partial charge on any atom is -0.372 e. The molecule has 0 bridgehead atoms. The number of piperazine rings is 1. The molecule has 2 aromatic carbocycles. The lowest BCUT2D eigenvalue weighted by molar-refractivity contribution is 0.165. The number of aromatic nitrogens is 4. The number of allylic oxidation sites excluding steroid dienone is 4. The summed E-state index contributed by atoms with van der Waals surface area (Å²) in [7, 11) is 2.25. The van der Waals surface area contributed by atoms with Crippen LogP contribution in [-0.2, 0) is 12.8 Å². The van der Waals surface area contributed by atoms with Gasteiger partial charge in [0.1, 0.15) is 22.5 Å². The van der Waals surface area contributed by atoms with E-state index in [0.717, 1.165) is 88.9 Å². The fraction of sp³-hybridized carbons (Fsp3) is 0.395. The lowest BCUT2D eigenvalue weighted by Gasteiger charge is -2.38. The van der Waals surface area contributed by atoms with Gasteiger partial charge in [-0.05, 0) is 86.9 Å². The topological polar surface area (TPSA) is 88.0 Å². The highest BCUT2D eigenvalue weighted by Crippen LogP contribution is 2.32. The largest absolute Gasteiger partial charge is 0.372 e. The van der Waals surface area contributed by atoms with Crippen molar-refractivity contribution in [2.75, 3.05) is 46.3 Å². The second kappa shape index (κ2) is 17.2. The molecule has 0 spiro atoms. The Hall–Kier alpha value is -4.73. The molecule has 1 aliphatic carbocycles. The van der Waals surface area contributed by atoms with Crippen LogP contribution in [0.5, 0.6) is 0 Å². The number of benzene rings is 2. The van der Waals surface area contributed by atoms with Crippen molar-refractivity contribution >= 4 is 28.9 Å². The van der Waals surface area contributed by atoms with Crippen LogP contribution in [-0.4, -0.2) is 93.4 Å². The van der Waals surface area contributed by atoms with E-state index in [4.69, 9.17) is 10.4 Å². The minimum atomic E-state index is -0.450. The van der Waals surface area contributed by atoms with Gasteiger partial charge in [0.15, 0.2) is 5.82 Å². The number of rotatable bonds is 16. The molecule has 0 saturated carbocycles. The third kappa shape index (κ3) is 8.48. The van der Waals surface area contributed by atoms with Gasteiger partial charge in [-0.2, -0.15) is 5.10 Å². The quantitative estimate of drug-likeness (QED) is 0.0903. The van der Waals surface area contributed by atoms with Crippen LogP contribution in [0.15, 0.2) is 79.2 Å². The van der Waals surface area contributed by atoms with E-state index in [-0.39, 0.29) is 11.4 Å². The Morgan fingerprint density at radius 3 is 2.60 bits per heavy atom. The standard InChI is InChI=1S/C43H53FN8/c1-6-10-31(4)50(5)22-21-37-32(7-2)11-8-12-33(37)16-15-30(3)29-51-23-25-52(26-24-51)36-19-17-34(18-20-36)41-42-39(48-49-41)28-46-43(47-42)40-35(27-45)13-9-14-38(40)44/h7-9,11-14,17,19,27-28,31,45H,2-3,6,10,15-16,18,20-26,29H2,1,4-5H3,(H,48,49). The first-order valence-corrected chi connectivity index (χ1v) is 18.8. The molecule has 272 valence electrons. The number of hydrogen-bond donors (Lipinski definition) is 2. The van der Waals surface area contributed by atoms with Gasteiger partial charge in [-0.25, -0.2) is 14.4 Å². The van der Waals surface area contributed by atoms with Crippen LogP contribution in [0.2, 0.25) is 0 Å². The number of hydrogen-bond acceptors (Lipinski definition) is 7. The molecule has 0 amide bonds. The molecule has 1 aliphatic heterocycles. The number of nitrogens with one attached hydrogen (secondary N) is 2. The SMILES string of the molecule is C=Cc1cccc(CCC(=C)CN2CCN(C3=CC=C(c4n[nH]c5cnc(-c6c(F)cccc6C=N)nc45)CC3)CC2)c1CCN(C)C(C)CCC. The van der Waals surface area contributed by atoms with Crippen molar-refractivity contribution in [2.24, 2.45) is 0 Å². The van der Waals surface area contributed by atoms with Gasteiger partial charge in [0.05, 0.1) is 11.8 Å². The maximum absolute atomic E-state index is 14.8. The van der Waals surface area contributed by atoms with Crippen LogP contribution in [0.3, 0.4) is 0 Å². The molecular weight excluding hydrogens is 648 g/mol. The number of nitrogens with zero attached hydrogens (tertiary/aromatic N) is 6. The fourth-order valence-electron chi connectivity index (χ4n) is 7.57. The summed E-state index contributed by atoms with van der Waals surface area (Å²) in [6.07, 6.45) is 16.4. The van der Waals surface area contributed by atoms with Crippen LogP contribution in [0, 0.1) is 11.2 Å². The number of likely N-dealkylation sites (N-methyl/N-ethyl adjacent to an activating group) is 1. The van der Waals surface area contributed by atoms with Gasteiger partial charge in [-0.1, -0.05) is 74.6 Å². The third-order valence-corrected chi connectivity index (χ3v) is 10.8. The lowest BCUT2D eigenvalue weighted by atomic mass is 9.93. The highest BCUT2D eigenvalue weighted by atomic mass is 19.1. The molecule has 1 atom stereocenters. The molecule has 4 aromatic rings. The molecule has 2 N–H and O–H groups in total. The second-order valence-electron chi connectivity index (χ2n) is 14.3. The molecule has 1 fully saturated rings. The fourth-order valence-corrected chi connectivity index (χ4v) is 7.57. The Labute approximate surface area is 308 Å². The number of halogens is 1. The molecule has 2 aromatic heterocycles. The molecule has 6 rings (SSSR count). The van der Waals surface area contributed by atoms with Gasteiger partial charge in [-0.3, -0.25) is 10.00 Å². The van der Waals surface area contributed by atoms with Crippen molar-refractivity contribution in [3.05, 3.63) is 113 Å². The van der Waals surface area contributed by atoms with Crippen molar-refractivity contribution in [1.29, 1.82) is 5.41 Å². The van der Waals surface area contributed by atoms with Gasteiger partial charge < -0.3 is 15.2 Å². The van der Waals surface area contributed by atoms with Crippen LogP contribution in [0.1, 0.15) is 73.9 Å². The normalized spacial score (nSPS) is 15.8. The van der Waals surface area contributed by atoms with Crippen molar-refractivity contribution < 1.29 is 4.39 Å². The number of H-pyrrole nitrogens is 1. The molecule has 2 aliphatic rings. The van der Waals surface area contributed by atoms with Gasteiger partial charge in [0.25, 0.3) is 0 Å². The Morgan fingerprint density at radius 2 is 1.87 bits per heavy atom. The average molecular weight is 701 g/mol. The summed E-state index contributed by atoms with van der Waals surface area (Å²) in [6.45, 7) is 19.2. The first kappa shape index (κ1) is 37.0. The number of fused-ring (bicyclic) bond motifs is 1. The van der Waals surface area contributed by atoms with E-state index in [2.05, 4.69) is 94.3 Å². The predicted octanol–water partition coefficient (Wildman–Crippen LogP) is 8.33. The zero-order chi connectivity index (χ0) is 36.6. The highest BCUT2D eigenvalue weighted by molar-refractivity contribution is 5.91. The van der Waals surface area contributed by atoms with Gasteiger partial charge >= 0.3 is 0 Å². The molecule has 9 heteroatoms. The Morgan fingerprint density at radius 1 is 1.08 bits per heavy atom. The second-order valence-corrected chi connectivity index (χ2v) is 14.3. The third-order valence-electron chi connectivity index (χ3n) is 10.8. The maximum atomic E-state index is 14.8. The molecular formula is C43H53FN8. The average Bonchev–Trinajstić information content (AvgIpc) is 3.60. The van der Waals surface area contributed by atoms with Crippen LogP contribution < -0.4 is 0 Å². The summed E-state index contributed by atoms with van der Waals surface area (Å²) in [5.41, 5.74) is 10.7. The van der Waals surface area contributed by atoms with Crippen molar-refractivity contribution in [1.82, 2.24) is 34.9 Å². The zero-order valence-electron chi connectivity index (χ0n) is 31.1. The molecule has 1 saturated heterocycles. The zero-order valence-corrected chi connectivity index (χ0v) is 31.1. The van der Waals surface area contributed by atoms with E-state index < -0.39 is 5.82 Å². The summed E-state index contributed by atoms with van der Waals surface area (Å²) in [5.74, 6) is -0.197. The van der Waals surface area contributed by atoms with Crippen LogP contribution >= 0.6 is 0 Å². The maximum Gasteiger partial charge on any atom is 0.163 e. The number of aryl methyl sites for hydroxylation is 1. The predicted molar refractivity (Wildman–Crippen MR) is 213 cm³/mol. The lowest BCUT2D eigenvalue weighted by Crippen LogP contribution is -2.46. The van der Waals surface area contributed by atoms with E-state index in [0.29, 0.717) is 22.6 Å². The van der Waals surface area contributed by atoms with E-state index in [9.17, 15) is 4.39 Å². The highest BCUT2D eigenvalue weighted by Gasteiger charge is 2.23. The van der Waals surface area contributed by atoms with Crippen LogP contribution in [0.4, 0.5) is 4.39 Å². The first-order valence-electron chi connectivity index (χ1n) is 18.8. The molecule has 52 heavy (non-hydrogen) atoms. The minimum absolute atomic E-state index is 0.230. The van der Waals surface area contributed by atoms with Gasteiger partial charge in [-0.15, -0.1) is 0 Å². The Kier molecular flexibility index (Phi) is 12.2. The van der Waals surface area contributed by atoms with E-state index in [1.54, 1.807) is 18.3 Å². The van der Waals surface area contributed by atoms with Crippen molar-refractivity contribution in [2.45, 2.75) is 64.8 Å². The smallest absolute Gasteiger partial charge is 0.163 e.